The molecule has 0 aromatic heterocycles. The third-order valence-electron chi connectivity index (χ3n) is 5.76. The number of hydrogen-bond donors (Lipinski definition) is 5. The van der Waals surface area contributed by atoms with Gasteiger partial charge >= 0.3 is 0 Å². The Kier molecular flexibility index (Phi) is 9.94. The van der Waals surface area contributed by atoms with E-state index in [1.165, 1.54) is 33.5 Å². The first kappa shape index (κ1) is 26.4. The van der Waals surface area contributed by atoms with E-state index in [9.17, 15) is 0 Å². The number of ether oxygens (including phenoxy) is 1. The maximum atomic E-state index is 7.00. The Morgan fingerprint density at radius 2 is 1.82 bits per heavy atom. The molecule has 2 heterocycles. The van der Waals surface area contributed by atoms with E-state index in [0.29, 0.717) is 0 Å². The lowest BCUT2D eigenvalue weighted by Gasteiger charge is -2.46. The van der Waals surface area contributed by atoms with Crippen LogP contribution in [0.2, 0.25) is 0 Å². The summed E-state index contributed by atoms with van der Waals surface area (Å²) in [5, 5.41) is 14.1. The summed E-state index contributed by atoms with van der Waals surface area (Å²) in [7, 11) is 2.71. The van der Waals surface area contributed by atoms with Crippen molar-refractivity contribution < 1.29 is 9.84 Å². The lowest BCUT2D eigenvalue weighted by molar-refractivity contribution is 0.333. The van der Waals surface area contributed by atoms with E-state index in [0.717, 1.165) is 20.2 Å². The maximum absolute atomic E-state index is 7.00. The SMILES string of the molecule is CO.CO/C=C1\C(c2ccc3c(c2)N(Cc2ccccc2)C(C)(C)NC3)=CNC1C.NCN. The molecule has 1 atom stereocenters. The smallest absolute Gasteiger partial charge is 0.0884 e. The van der Waals surface area contributed by atoms with Crippen molar-refractivity contribution >= 4 is 11.3 Å². The van der Waals surface area contributed by atoms with E-state index in [-0.39, 0.29) is 18.4 Å². The van der Waals surface area contributed by atoms with E-state index in [1.54, 1.807) is 7.11 Å². The summed E-state index contributed by atoms with van der Waals surface area (Å²) in [5.41, 5.74) is 16.7. The maximum Gasteiger partial charge on any atom is 0.0884 e. The molecule has 2 aliphatic rings. The molecule has 0 spiro atoms. The summed E-state index contributed by atoms with van der Waals surface area (Å²) in [4.78, 5) is 2.47. The Labute approximate surface area is 198 Å². The predicted octanol–water partition coefficient (Wildman–Crippen LogP) is 2.87. The summed E-state index contributed by atoms with van der Waals surface area (Å²) in [6, 6.07) is 17.7. The molecule has 0 saturated heterocycles. The average molecular weight is 454 g/mol. The van der Waals surface area contributed by atoms with Gasteiger partial charge in [-0.2, -0.15) is 0 Å². The van der Waals surface area contributed by atoms with E-state index in [1.807, 2.05) is 6.26 Å². The number of nitrogens with two attached hydrogens (primary N) is 2. The molecule has 2 aromatic carbocycles. The minimum Gasteiger partial charge on any atom is -0.504 e. The average Bonchev–Trinajstić information content (AvgIpc) is 3.18. The molecule has 0 bridgehead atoms. The number of nitrogens with one attached hydrogen (secondary N) is 2. The standard InChI is InChI=1S/C24H29N3O.CH6N2.CH4O/c1-17-22(16-28-4)21(14-25-17)19-10-11-20-13-26-24(2,3)27(23(20)12-19)15-18-8-6-5-7-9-18;2-1-3;1-2/h5-12,14,16-17,25-26H,13,15H2,1-4H3;1-3H2;2H,1H3/b22-16-;;. The van der Waals surface area contributed by atoms with Crippen LogP contribution in [0.5, 0.6) is 0 Å². The number of fused-ring (bicyclic) bond motifs is 1. The largest absolute Gasteiger partial charge is 0.504 e. The van der Waals surface area contributed by atoms with Crippen LogP contribution in [-0.2, 0) is 17.8 Å². The molecule has 7 heteroatoms. The first-order valence-electron chi connectivity index (χ1n) is 11.2. The molecular formula is C26H39N5O2. The summed E-state index contributed by atoms with van der Waals surface area (Å²) in [5.74, 6) is 0. The number of rotatable bonds is 4. The third kappa shape index (κ3) is 6.36. The highest BCUT2D eigenvalue weighted by molar-refractivity contribution is 5.84. The van der Waals surface area contributed by atoms with E-state index < -0.39 is 0 Å². The Morgan fingerprint density at radius 3 is 2.45 bits per heavy atom. The van der Waals surface area contributed by atoms with Gasteiger partial charge in [-0.05, 0) is 43.5 Å². The first-order chi connectivity index (χ1) is 15.9. The normalized spacial score (nSPS) is 19.3. The first-order valence-corrected chi connectivity index (χ1v) is 11.2. The summed E-state index contributed by atoms with van der Waals surface area (Å²) < 4.78 is 5.33. The molecular weight excluding hydrogens is 414 g/mol. The second kappa shape index (κ2) is 12.4. The molecule has 1 unspecified atom stereocenters. The van der Waals surface area contributed by atoms with Crippen LogP contribution in [0.15, 0.2) is 66.6 Å². The van der Waals surface area contributed by atoms with Gasteiger partial charge in [0.1, 0.15) is 0 Å². The van der Waals surface area contributed by atoms with Gasteiger partial charge in [0, 0.05) is 49.9 Å². The van der Waals surface area contributed by atoms with Crippen LogP contribution in [0.3, 0.4) is 0 Å². The number of anilines is 1. The molecule has 7 N–H and O–H groups in total. The molecule has 4 rings (SSSR count). The number of benzene rings is 2. The molecule has 0 saturated carbocycles. The Bertz CT molecular complexity index is 941. The molecule has 0 aliphatic carbocycles. The lowest BCUT2D eigenvalue weighted by Crippen LogP contribution is -2.57. The van der Waals surface area contributed by atoms with Crippen molar-refractivity contribution in [2.45, 2.75) is 45.6 Å². The zero-order valence-corrected chi connectivity index (χ0v) is 20.4. The van der Waals surface area contributed by atoms with Gasteiger partial charge in [-0.3, -0.25) is 5.32 Å². The summed E-state index contributed by atoms with van der Waals surface area (Å²) in [6.45, 7) is 8.65. The number of nitrogens with zero attached hydrogens (tertiary/aromatic N) is 1. The van der Waals surface area contributed by atoms with Crippen LogP contribution in [0.1, 0.15) is 37.5 Å². The molecule has 7 nitrogen and oxygen atoms in total. The van der Waals surface area contributed by atoms with Gasteiger partial charge in [-0.15, -0.1) is 0 Å². The predicted molar refractivity (Wildman–Crippen MR) is 137 cm³/mol. The van der Waals surface area contributed by atoms with Crippen molar-refractivity contribution in [3.05, 3.63) is 83.3 Å². The van der Waals surface area contributed by atoms with Crippen molar-refractivity contribution in [3.8, 4) is 0 Å². The van der Waals surface area contributed by atoms with Crippen LogP contribution in [0, 0.1) is 0 Å². The Balaban J connectivity index is 0.000000714. The van der Waals surface area contributed by atoms with Crippen LogP contribution in [0.25, 0.3) is 5.57 Å². The van der Waals surface area contributed by atoms with Crippen LogP contribution in [-0.4, -0.2) is 37.7 Å². The van der Waals surface area contributed by atoms with E-state index in [2.05, 4.69) is 103 Å². The highest BCUT2D eigenvalue weighted by atomic mass is 16.5. The fraction of sp³-hybridized carbons (Fsp3) is 0.385. The fourth-order valence-electron chi connectivity index (χ4n) is 4.05. The van der Waals surface area contributed by atoms with Gasteiger partial charge in [0.15, 0.2) is 0 Å². The van der Waals surface area contributed by atoms with Gasteiger partial charge < -0.3 is 31.5 Å². The minimum atomic E-state index is -0.123. The molecule has 33 heavy (non-hydrogen) atoms. The minimum absolute atomic E-state index is 0.123. The van der Waals surface area contributed by atoms with Crippen molar-refractivity contribution in [2.24, 2.45) is 11.5 Å². The molecule has 0 radical (unpaired) electrons. The van der Waals surface area contributed by atoms with Gasteiger partial charge in [-0.25, -0.2) is 0 Å². The van der Waals surface area contributed by atoms with E-state index >= 15 is 0 Å². The summed E-state index contributed by atoms with van der Waals surface area (Å²) in [6.07, 6.45) is 3.95. The third-order valence-corrected chi connectivity index (χ3v) is 5.76. The zero-order chi connectivity index (χ0) is 24.4. The monoisotopic (exact) mass is 453 g/mol. The van der Waals surface area contributed by atoms with Crippen molar-refractivity contribution in [1.82, 2.24) is 10.6 Å². The van der Waals surface area contributed by atoms with Crippen LogP contribution in [0.4, 0.5) is 5.69 Å². The second-order valence-corrected chi connectivity index (χ2v) is 8.32. The molecule has 2 aromatic rings. The highest BCUT2D eigenvalue weighted by Crippen LogP contribution is 2.37. The number of aliphatic hydroxyl groups is 1. The highest BCUT2D eigenvalue weighted by Gasteiger charge is 2.33. The van der Waals surface area contributed by atoms with Crippen molar-refractivity contribution in [2.75, 3.05) is 25.8 Å². The van der Waals surface area contributed by atoms with Gasteiger partial charge in [0.25, 0.3) is 0 Å². The summed E-state index contributed by atoms with van der Waals surface area (Å²) >= 11 is 0. The Morgan fingerprint density at radius 1 is 1.15 bits per heavy atom. The van der Waals surface area contributed by atoms with Crippen LogP contribution < -0.4 is 27.0 Å². The van der Waals surface area contributed by atoms with Crippen LogP contribution >= 0.6 is 0 Å². The molecule has 180 valence electrons. The molecule has 0 amide bonds. The fourth-order valence-corrected chi connectivity index (χ4v) is 4.05. The van der Waals surface area contributed by atoms with Gasteiger partial charge in [-0.1, -0.05) is 42.5 Å². The zero-order valence-electron chi connectivity index (χ0n) is 20.4. The Hall–Kier alpha value is -2.84. The van der Waals surface area contributed by atoms with Crippen molar-refractivity contribution in [3.63, 3.8) is 0 Å². The number of methoxy groups -OCH3 is 1. The van der Waals surface area contributed by atoms with E-state index in [4.69, 9.17) is 9.84 Å². The molecule has 2 aliphatic heterocycles. The quantitative estimate of drug-likeness (QED) is 0.358. The lowest BCUT2D eigenvalue weighted by atomic mass is 9.93. The topological polar surface area (TPSA) is 109 Å². The number of hydrogen-bond acceptors (Lipinski definition) is 7. The number of aliphatic hydroxyl groups excluding tert-OH is 1. The van der Waals surface area contributed by atoms with Crippen molar-refractivity contribution in [1.29, 1.82) is 0 Å². The van der Waals surface area contributed by atoms with Gasteiger partial charge in [0.2, 0.25) is 0 Å². The molecule has 0 fully saturated rings. The second-order valence-electron chi connectivity index (χ2n) is 8.32. The van der Waals surface area contributed by atoms with Gasteiger partial charge in [0.05, 0.1) is 25.1 Å².